The molecule has 25 heavy (non-hydrogen) atoms. The highest BCUT2D eigenvalue weighted by molar-refractivity contribution is 9.10. The first-order chi connectivity index (χ1) is 11.9. The van der Waals surface area contributed by atoms with Gasteiger partial charge < -0.3 is 15.4 Å². The Morgan fingerprint density at radius 3 is 2.72 bits per heavy atom. The van der Waals surface area contributed by atoms with Crippen LogP contribution < -0.4 is 10.6 Å². The third-order valence-electron chi connectivity index (χ3n) is 4.12. The molecular formula is C17H22BrN3O4. The van der Waals surface area contributed by atoms with Gasteiger partial charge in [-0.05, 0) is 24.6 Å². The number of ether oxygens (including phenoxy) is 1. The minimum atomic E-state index is -0.685. The Balaban J connectivity index is 1.95. The summed E-state index contributed by atoms with van der Waals surface area (Å²) in [7, 11) is 1.28. The molecule has 0 aromatic heterocycles. The lowest BCUT2D eigenvalue weighted by Gasteiger charge is -2.34. The maximum atomic E-state index is 12.4. The molecule has 0 spiro atoms. The minimum Gasteiger partial charge on any atom is -0.469 e. The number of nitrogens with one attached hydrogen (secondary N) is 2. The third kappa shape index (κ3) is 5.54. The van der Waals surface area contributed by atoms with Gasteiger partial charge in [-0.15, -0.1) is 0 Å². The Kier molecular flexibility index (Phi) is 6.95. The number of amides is 2. The number of carbonyl (C=O) groups excluding carboxylic acids is 3. The van der Waals surface area contributed by atoms with E-state index in [9.17, 15) is 14.4 Å². The van der Waals surface area contributed by atoms with E-state index in [1.54, 1.807) is 4.90 Å². The predicted molar refractivity (Wildman–Crippen MR) is 95.7 cm³/mol. The molecule has 1 aromatic rings. The first-order valence-electron chi connectivity index (χ1n) is 8.04. The Bertz CT molecular complexity index is 635. The normalized spacial score (nSPS) is 19.0. The Morgan fingerprint density at radius 2 is 2.08 bits per heavy atom. The van der Waals surface area contributed by atoms with Crippen molar-refractivity contribution >= 4 is 33.7 Å². The van der Waals surface area contributed by atoms with Gasteiger partial charge in [0.15, 0.2) is 0 Å². The molecule has 2 rings (SSSR count). The molecule has 7 nitrogen and oxygen atoms in total. The van der Waals surface area contributed by atoms with E-state index >= 15 is 0 Å². The van der Waals surface area contributed by atoms with Gasteiger partial charge in [0.1, 0.15) is 6.04 Å². The molecule has 2 N–H and O–H groups in total. The van der Waals surface area contributed by atoms with Crippen LogP contribution in [-0.2, 0) is 19.1 Å². The van der Waals surface area contributed by atoms with E-state index < -0.39 is 12.0 Å². The monoisotopic (exact) mass is 411 g/mol. The summed E-state index contributed by atoms with van der Waals surface area (Å²) in [6.45, 7) is 2.91. The topological polar surface area (TPSA) is 87.7 Å². The van der Waals surface area contributed by atoms with Crippen molar-refractivity contribution in [3.63, 3.8) is 0 Å². The molecule has 1 heterocycles. The highest BCUT2D eigenvalue weighted by Crippen LogP contribution is 2.17. The number of methoxy groups -OCH3 is 1. The first-order valence-corrected chi connectivity index (χ1v) is 8.83. The van der Waals surface area contributed by atoms with Crippen molar-refractivity contribution in [1.29, 1.82) is 0 Å². The van der Waals surface area contributed by atoms with Crippen molar-refractivity contribution in [2.24, 2.45) is 0 Å². The van der Waals surface area contributed by atoms with E-state index in [1.807, 2.05) is 31.2 Å². The zero-order chi connectivity index (χ0) is 18.4. The van der Waals surface area contributed by atoms with Gasteiger partial charge in [0, 0.05) is 17.6 Å². The molecule has 0 radical (unpaired) electrons. The molecular weight excluding hydrogens is 390 g/mol. The lowest BCUT2D eigenvalue weighted by molar-refractivity contribution is -0.146. The fourth-order valence-electron chi connectivity index (χ4n) is 2.72. The van der Waals surface area contributed by atoms with E-state index in [4.69, 9.17) is 0 Å². The molecule has 1 aliphatic heterocycles. The van der Waals surface area contributed by atoms with Crippen molar-refractivity contribution in [1.82, 2.24) is 15.5 Å². The number of nitrogens with zero attached hydrogens (tertiary/aromatic N) is 1. The highest BCUT2D eigenvalue weighted by Gasteiger charge is 2.33. The van der Waals surface area contributed by atoms with E-state index in [-0.39, 0.29) is 30.8 Å². The molecule has 1 aromatic carbocycles. The van der Waals surface area contributed by atoms with Gasteiger partial charge in [0.2, 0.25) is 11.8 Å². The van der Waals surface area contributed by atoms with E-state index in [2.05, 4.69) is 31.3 Å². The number of halogens is 1. The summed E-state index contributed by atoms with van der Waals surface area (Å²) in [5, 5.41) is 5.63. The molecule has 136 valence electrons. The van der Waals surface area contributed by atoms with Crippen LogP contribution in [0.25, 0.3) is 0 Å². The van der Waals surface area contributed by atoms with Crippen LogP contribution in [0.4, 0.5) is 0 Å². The lowest BCUT2D eigenvalue weighted by atomic mass is 10.1. The summed E-state index contributed by atoms with van der Waals surface area (Å²) >= 11 is 3.38. The molecule has 0 unspecified atom stereocenters. The summed E-state index contributed by atoms with van der Waals surface area (Å²) in [4.78, 5) is 37.6. The second-order valence-corrected chi connectivity index (χ2v) is 6.81. The lowest BCUT2D eigenvalue weighted by Crippen LogP contribution is -2.58. The van der Waals surface area contributed by atoms with Crippen molar-refractivity contribution in [2.45, 2.75) is 25.4 Å². The van der Waals surface area contributed by atoms with Crippen molar-refractivity contribution in [3.05, 3.63) is 34.3 Å². The summed E-state index contributed by atoms with van der Waals surface area (Å²) in [6.07, 6.45) is -0.0715. The van der Waals surface area contributed by atoms with Crippen LogP contribution in [0.5, 0.6) is 0 Å². The van der Waals surface area contributed by atoms with Crippen LogP contribution in [-0.4, -0.2) is 55.5 Å². The Hall–Kier alpha value is -1.93. The van der Waals surface area contributed by atoms with Gasteiger partial charge >= 0.3 is 5.97 Å². The largest absolute Gasteiger partial charge is 0.469 e. The summed E-state index contributed by atoms with van der Waals surface area (Å²) in [5.41, 5.74) is 0.985. The maximum Gasteiger partial charge on any atom is 0.307 e. The Morgan fingerprint density at radius 1 is 1.40 bits per heavy atom. The molecule has 2 atom stereocenters. The number of hydrogen-bond donors (Lipinski definition) is 2. The standard InChI is InChI=1S/C17H22BrN3O4/c1-11(12-3-5-13(18)6-4-12)20-15(22)10-21-8-7-19-17(24)14(21)9-16(23)25-2/h3-6,11,14H,7-10H2,1-2H3,(H,19,24)(H,20,22)/t11-,14-/m0/s1. The second-order valence-electron chi connectivity index (χ2n) is 5.90. The number of hydrogen-bond acceptors (Lipinski definition) is 5. The van der Waals surface area contributed by atoms with E-state index in [0.29, 0.717) is 13.1 Å². The van der Waals surface area contributed by atoms with Gasteiger partial charge in [-0.1, -0.05) is 28.1 Å². The zero-order valence-corrected chi connectivity index (χ0v) is 15.8. The minimum absolute atomic E-state index is 0.0515. The quantitative estimate of drug-likeness (QED) is 0.681. The molecule has 1 fully saturated rings. The number of esters is 1. The number of rotatable bonds is 6. The summed E-state index contributed by atoms with van der Waals surface area (Å²) < 4.78 is 5.61. The zero-order valence-electron chi connectivity index (χ0n) is 14.3. The van der Waals surface area contributed by atoms with Gasteiger partial charge in [-0.2, -0.15) is 0 Å². The van der Waals surface area contributed by atoms with Gasteiger partial charge in [-0.3, -0.25) is 19.3 Å². The smallest absolute Gasteiger partial charge is 0.307 e. The van der Waals surface area contributed by atoms with Crippen LogP contribution in [0, 0.1) is 0 Å². The maximum absolute atomic E-state index is 12.4. The van der Waals surface area contributed by atoms with Crippen LogP contribution in [0.1, 0.15) is 24.9 Å². The summed E-state index contributed by atoms with van der Waals surface area (Å²) in [5.74, 6) is -0.930. The molecule has 0 aliphatic carbocycles. The van der Waals surface area contributed by atoms with Crippen LogP contribution in [0.3, 0.4) is 0 Å². The van der Waals surface area contributed by atoms with Gasteiger partial charge in [-0.25, -0.2) is 0 Å². The van der Waals surface area contributed by atoms with Gasteiger partial charge in [0.05, 0.1) is 26.1 Å². The van der Waals surface area contributed by atoms with Crippen molar-refractivity contribution < 1.29 is 19.1 Å². The Labute approximate surface area is 155 Å². The van der Waals surface area contributed by atoms with Crippen molar-refractivity contribution in [3.8, 4) is 0 Å². The van der Waals surface area contributed by atoms with E-state index in [1.165, 1.54) is 7.11 Å². The van der Waals surface area contributed by atoms with Crippen LogP contribution in [0.15, 0.2) is 28.7 Å². The van der Waals surface area contributed by atoms with Crippen LogP contribution in [0.2, 0.25) is 0 Å². The van der Waals surface area contributed by atoms with E-state index in [0.717, 1.165) is 10.0 Å². The molecule has 0 saturated carbocycles. The molecule has 8 heteroatoms. The molecule has 2 amide bonds. The average Bonchev–Trinajstić information content (AvgIpc) is 2.58. The first kappa shape index (κ1) is 19.4. The second kappa shape index (κ2) is 8.96. The number of piperazine rings is 1. The number of carbonyl (C=O) groups is 3. The molecule has 1 saturated heterocycles. The third-order valence-corrected chi connectivity index (χ3v) is 4.65. The predicted octanol–water partition coefficient (Wildman–Crippen LogP) is 0.990. The fraction of sp³-hybridized carbons (Fsp3) is 0.471. The number of benzene rings is 1. The highest BCUT2D eigenvalue weighted by atomic mass is 79.9. The molecule has 0 bridgehead atoms. The average molecular weight is 412 g/mol. The van der Waals surface area contributed by atoms with Crippen LogP contribution >= 0.6 is 15.9 Å². The SMILES string of the molecule is COC(=O)C[C@H]1C(=O)NCCN1CC(=O)N[C@@H](C)c1ccc(Br)cc1. The van der Waals surface area contributed by atoms with Crippen molar-refractivity contribution in [2.75, 3.05) is 26.7 Å². The fourth-order valence-corrected chi connectivity index (χ4v) is 2.99. The molecule has 1 aliphatic rings. The van der Waals surface area contributed by atoms with Gasteiger partial charge in [0.25, 0.3) is 0 Å². The summed E-state index contributed by atoms with van der Waals surface area (Å²) in [6, 6.07) is 6.86.